The summed E-state index contributed by atoms with van der Waals surface area (Å²) in [7, 11) is 1.56. The molecule has 5 rings (SSSR count). The van der Waals surface area contributed by atoms with Crippen molar-refractivity contribution in [2.45, 2.75) is 104 Å². The maximum Gasteiger partial charge on any atom is 0.312 e. The van der Waals surface area contributed by atoms with Crippen LogP contribution in [0.15, 0.2) is 18.2 Å². The minimum Gasteiger partial charge on any atom is -0.504 e. The summed E-state index contributed by atoms with van der Waals surface area (Å²) in [5.41, 5.74) is 0.741. The summed E-state index contributed by atoms with van der Waals surface area (Å²) in [5, 5.41) is 9.36. The lowest BCUT2D eigenvalue weighted by molar-refractivity contribution is -0.218. The van der Waals surface area contributed by atoms with E-state index in [0.29, 0.717) is 23.5 Å². The summed E-state index contributed by atoms with van der Waals surface area (Å²) in [6, 6.07) is 5.51. The first-order valence-corrected chi connectivity index (χ1v) is 13.2. The van der Waals surface area contributed by atoms with E-state index in [0.717, 1.165) is 31.1 Å². The molecular weight excluding hydrogens is 412 g/mol. The van der Waals surface area contributed by atoms with Gasteiger partial charge in [0, 0.05) is 0 Å². The first kappa shape index (κ1) is 25.9. The summed E-state index contributed by atoms with van der Waals surface area (Å²) in [6.07, 6.45) is 9.62. The lowest BCUT2D eigenvalue weighted by atomic mass is 9.49. The molecule has 4 aliphatic rings. The number of carbonyl (C=O) groups excluding carboxylic acids is 1. The summed E-state index contributed by atoms with van der Waals surface area (Å²) in [4.78, 5) is 12.6. The molecule has 0 saturated heterocycles. The van der Waals surface area contributed by atoms with Crippen molar-refractivity contribution >= 4 is 5.97 Å². The predicted octanol–water partition coefficient (Wildman–Crippen LogP) is 7.49. The lowest BCUT2D eigenvalue weighted by Crippen LogP contribution is -2.60. The third kappa shape index (κ3) is 5.20. The predicted molar refractivity (Wildman–Crippen MR) is 134 cm³/mol. The molecule has 1 atom stereocenters. The Balaban J connectivity index is 0.000000205. The number of benzene rings is 1. The van der Waals surface area contributed by atoms with Crippen LogP contribution in [0.25, 0.3) is 0 Å². The molecule has 4 bridgehead atoms. The van der Waals surface area contributed by atoms with E-state index in [1.54, 1.807) is 13.2 Å². The Bertz CT molecular complexity index is 784. The molecule has 1 unspecified atom stereocenters. The van der Waals surface area contributed by atoms with Crippen molar-refractivity contribution in [3.8, 4) is 11.5 Å². The fourth-order valence-corrected chi connectivity index (χ4v) is 6.49. The van der Waals surface area contributed by atoms with Gasteiger partial charge in [-0.15, -0.1) is 0 Å². The highest BCUT2D eigenvalue weighted by Gasteiger charge is 2.59. The van der Waals surface area contributed by atoms with Gasteiger partial charge in [0.1, 0.15) is 5.60 Å². The maximum absolute atomic E-state index is 12.6. The van der Waals surface area contributed by atoms with Crippen LogP contribution in [0, 0.1) is 29.1 Å². The number of methoxy groups -OCH3 is 1. The summed E-state index contributed by atoms with van der Waals surface area (Å²) < 4.78 is 11.3. The zero-order chi connectivity index (χ0) is 24.4. The average Bonchev–Trinajstić information content (AvgIpc) is 2.81. The zero-order valence-corrected chi connectivity index (χ0v) is 21.9. The molecule has 1 aromatic rings. The van der Waals surface area contributed by atoms with Crippen LogP contribution >= 0.6 is 0 Å². The minimum absolute atomic E-state index is 0.0364. The number of esters is 1. The van der Waals surface area contributed by atoms with E-state index in [4.69, 9.17) is 9.47 Å². The van der Waals surface area contributed by atoms with E-state index in [1.807, 2.05) is 26.0 Å². The minimum atomic E-state index is -0.336. The number of carbonyl (C=O) groups is 1. The van der Waals surface area contributed by atoms with Gasteiger partial charge in [-0.1, -0.05) is 33.8 Å². The number of phenolic OH excluding ortho intramolecular Hbond substituents is 1. The van der Waals surface area contributed by atoms with Crippen LogP contribution in [-0.4, -0.2) is 23.8 Å². The third-order valence-corrected chi connectivity index (χ3v) is 9.18. The van der Waals surface area contributed by atoms with Crippen molar-refractivity contribution < 1.29 is 19.4 Å². The molecule has 4 heteroatoms. The highest BCUT2D eigenvalue weighted by Crippen LogP contribution is 2.61. The monoisotopic (exact) mass is 458 g/mol. The van der Waals surface area contributed by atoms with E-state index >= 15 is 0 Å². The second-order valence-electron chi connectivity index (χ2n) is 11.5. The van der Waals surface area contributed by atoms with E-state index in [9.17, 15) is 9.90 Å². The van der Waals surface area contributed by atoms with Gasteiger partial charge in [-0.05, 0) is 112 Å². The molecule has 4 nitrogen and oxygen atoms in total. The molecule has 0 heterocycles. The fraction of sp³-hybridized carbons (Fsp3) is 0.759. The fourth-order valence-electron chi connectivity index (χ4n) is 6.49. The van der Waals surface area contributed by atoms with Gasteiger partial charge in [0.2, 0.25) is 0 Å². The molecule has 0 amide bonds. The number of phenols is 1. The van der Waals surface area contributed by atoms with Crippen LogP contribution in [0.2, 0.25) is 0 Å². The molecule has 33 heavy (non-hydrogen) atoms. The zero-order valence-electron chi connectivity index (χ0n) is 21.9. The first-order chi connectivity index (χ1) is 15.6. The molecule has 0 spiro atoms. The van der Waals surface area contributed by atoms with E-state index in [2.05, 4.69) is 27.7 Å². The Hall–Kier alpha value is -1.71. The Kier molecular flexibility index (Phi) is 8.07. The Morgan fingerprint density at radius 1 is 1.09 bits per heavy atom. The normalized spacial score (nSPS) is 30.9. The van der Waals surface area contributed by atoms with Crippen molar-refractivity contribution in [2.24, 2.45) is 29.1 Å². The van der Waals surface area contributed by atoms with Crippen molar-refractivity contribution in [1.29, 1.82) is 0 Å². The van der Waals surface area contributed by atoms with Crippen LogP contribution in [0.4, 0.5) is 0 Å². The summed E-state index contributed by atoms with van der Waals surface area (Å²) >= 11 is 0. The second kappa shape index (κ2) is 10.3. The molecule has 186 valence electrons. The molecule has 1 aromatic carbocycles. The van der Waals surface area contributed by atoms with Crippen molar-refractivity contribution in [2.75, 3.05) is 7.11 Å². The standard InChI is InChI=1S/C18H30O2.C11H16O2/c1-5-17(3,4)16(19)20-18(6-2)14-8-12-7-13(10-14)11-15(18)9-12;1-4-8(2)9-5-6-10(12)11(7-9)13-3/h12-15H,5-11H2,1-4H3;5-8,12H,4H2,1-3H3. The van der Waals surface area contributed by atoms with Crippen LogP contribution in [0.3, 0.4) is 0 Å². The maximum atomic E-state index is 12.6. The number of rotatable bonds is 7. The van der Waals surface area contributed by atoms with Crippen LogP contribution < -0.4 is 4.74 Å². The van der Waals surface area contributed by atoms with Gasteiger partial charge in [0.15, 0.2) is 11.5 Å². The Morgan fingerprint density at radius 3 is 2.12 bits per heavy atom. The number of hydrogen-bond donors (Lipinski definition) is 1. The van der Waals surface area contributed by atoms with Gasteiger partial charge >= 0.3 is 5.97 Å². The molecule has 1 N–H and O–H groups in total. The Morgan fingerprint density at radius 2 is 1.67 bits per heavy atom. The number of ether oxygens (including phenoxy) is 2. The topological polar surface area (TPSA) is 55.8 Å². The Labute approximate surface area is 201 Å². The first-order valence-electron chi connectivity index (χ1n) is 13.2. The van der Waals surface area contributed by atoms with Gasteiger partial charge in [0.05, 0.1) is 12.5 Å². The molecule has 0 aliphatic heterocycles. The van der Waals surface area contributed by atoms with Crippen LogP contribution in [-0.2, 0) is 9.53 Å². The SMILES string of the molecule is CCC(C)(C)C(=O)OC1(CC)C2CC3CC(C2)CC1C3.CCC(C)c1ccc(O)c(OC)c1. The number of aromatic hydroxyl groups is 1. The summed E-state index contributed by atoms with van der Waals surface area (Å²) in [5.74, 6) is 4.43. The highest BCUT2D eigenvalue weighted by atomic mass is 16.6. The molecule has 4 saturated carbocycles. The largest absolute Gasteiger partial charge is 0.504 e. The quantitative estimate of drug-likeness (QED) is 0.430. The molecule has 0 radical (unpaired) electrons. The molecular formula is C29H46O4. The van der Waals surface area contributed by atoms with Crippen molar-refractivity contribution in [3.63, 3.8) is 0 Å². The van der Waals surface area contributed by atoms with Gasteiger partial charge < -0.3 is 14.6 Å². The molecule has 0 aromatic heterocycles. The van der Waals surface area contributed by atoms with Crippen LogP contribution in [0.1, 0.15) is 104 Å². The van der Waals surface area contributed by atoms with Gasteiger partial charge in [-0.25, -0.2) is 0 Å². The summed E-state index contributed by atoms with van der Waals surface area (Å²) in [6.45, 7) is 12.7. The van der Waals surface area contributed by atoms with Crippen molar-refractivity contribution in [1.82, 2.24) is 0 Å². The second-order valence-corrected chi connectivity index (χ2v) is 11.5. The van der Waals surface area contributed by atoms with Gasteiger partial charge in [0.25, 0.3) is 0 Å². The average molecular weight is 459 g/mol. The van der Waals surface area contributed by atoms with E-state index in [1.165, 1.54) is 37.7 Å². The smallest absolute Gasteiger partial charge is 0.312 e. The molecule has 4 aliphatic carbocycles. The van der Waals surface area contributed by atoms with E-state index in [-0.39, 0.29) is 22.7 Å². The number of hydrogen-bond acceptors (Lipinski definition) is 4. The highest BCUT2D eigenvalue weighted by molar-refractivity contribution is 5.76. The van der Waals surface area contributed by atoms with Crippen molar-refractivity contribution in [3.05, 3.63) is 23.8 Å². The van der Waals surface area contributed by atoms with E-state index < -0.39 is 0 Å². The molecule has 4 fully saturated rings. The van der Waals surface area contributed by atoms with Crippen LogP contribution in [0.5, 0.6) is 11.5 Å². The van der Waals surface area contributed by atoms with Gasteiger partial charge in [-0.2, -0.15) is 0 Å². The van der Waals surface area contributed by atoms with Gasteiger partial charge in [-0.3, -0.25) is 4.79 Å². The third-order valence-electron chi connectivity index (χ3n) is 9.18. The lowest BCUT2D eigenvalue weighted by Gasteiger charge is -2.60.